The molecule has 170 valence electrons. The summed E-state index contributed by atoms with van der Waals surface area (Å²) in [6.45, 7) is 8.68. The van der Waals surface area contributed by atoms with Crippen molar-refractivity contribution in [1.29, 1.82) is 0 Å². The van der Waals surface area contributed by atoms with Gasteiger partial charge in [-0.15, -0.1) is 0 Å². The van der Waals surface area contributed by atoms with Crippen LogP contribution >= 0.6 is 11.6 Å². The molecule has 0 saturated carbocycles. The number of benzene rings is 2. The molecule has 0 radical (unpaired) electrons. The number of aromatic nitrogens is 2. The lowest BCUT2D eigenvalue weighted by molar-refractivity contribution is 0.0992. The first-order valence-electron chi connectivity index (χ1n) is 10.7. The van der Waals surface area contributed by atoms with E-state index in [0.29, 0.717) is 28.8 Å². The van der Waals surface area contributed by atoms with Crippen LogP contribution in [-0.4, -0.2) is 15.7 Å². The van der Waals surface area contributed by atoms with E-state index in [9.17, 15) is 4.79 Å². The highest BCUT2D eigenvalue weighted by molar-refractivity contribution is 6.30. The topological polar surface area (TPSA) is 69.3 Å². The van der Waals surface area contributed by atoms with Crippen LogP contribution in [-0.2, 0) is 13.2 Å². The van der Waals surface area contributed by atoms with Crippen molar-refractivity contribution in [2.75, 3.05) is 5.32 Å². The summed E-state index contributed by atoms with van der Waals surface area (Å²) in [5.41, 5.74) is 5.66. The number of aryl methyl sites for hydroxylation is 3. The molecule has 4 rings (SSSR count). The van der Waals surface area contributed by atoms with Crippen LogP contribution in [0.3, 0.4) is 0 Å². The van der Waals surface area contributed by atoms with E-state index < -0.39 is 0 Å². The Kier molecular flexibility index (Phi) is 6.56. The summed E-state index contributed by atoms with van der Waals surface area (Å²) in [5, 5.41) is 8.22. The molecule has 6 nitrogen and oxygen atoms in total. The lowest BCUT2D eigenvalue weighted by Gasteiger charge is -2.09. The smallest absolute Gasteiger partial charge is 0.291 e. The molecule has 0 spiro atoms. The van der Waals surface area contributed by atoms with Gasteiger partial charge in [0, 0.05) is 5.02 Å². The van der Waals surface area contributed by atoms with Gasteiger partial charge in [-0.05, 0) is 74.7 Å². The Morgan fingerprint density at radius 3 is 2.61 bits per heavy atom. The largest absolute Gasteiger partial charge is 0.485 e. The molecule has 0 atom stereocenters. The molecule has 2 aromatic heterocycles. The van der Waals surface area contributed by atoms with Crippen molar-refractivity contribution in [2.45, 2.75) is 40.8 Å². The van der Waals surface area contributed by atoms with Gasteiger partial charge in [0.1, 0.15) is 18.1 Å². The zero-order chi connectivity index (χ0) is 23.5. The van der Waals surface area contributed by atoms with Gasteiger partial charge in [-0.2, -0.15) is 5.10 Å². The quantitative estimate of drug-likeness (QED) is 0.352. The maximum absolute atomic E-state index is 12.8. The number of anilines is 1. The van der Waals surface area contributed by atoms with Crippen molar-refractivity contribution >= 4 is 23.2 Å². The number of amides is 1. The molecule has 0 fully saturated rings. The van der Waals surface area contributed by atoms with Crippen LogP contribution in [0, 0.1) is 27.7 Å². The number of furan rings is 1. The molecule has 0 aliphatic heterocycles. The van der Waals surface area contributed by atoms with Crippen molar-refractivity contribution in [3.8, 4) is 5.75 Å². The van der Waals surface area contributed by atoms with Gasteiger partial charge in [-0.1, -0.05) is 35.9 Å². The number of hydrogen-bond acceptors (Lipinski definition) is 4. The number of carbonyl (C=O) groups excluding carboxylic acids is 1. The highest BCUT2D eigenvalue weighted by Gasteiger charge is 2.18. The zero-order valence-electron chi connectivity index (χ0n) is 19.1. The first-order valence-corrected chi connectivity index (χ1v) is 11.1. The molecular formula is C26H26ClN3O3. The second-order valence-corrected chi connectivity index (χ2v) is 8.48. The Balaban J connectivity index is 1.43. The van der Waals surface area contributed by atoms with Crippen LogP contribution in [0.4, 0.5) is 5.69 Å². The number of nitrogens with one attached hydrogen (secondary N) is 1. The number of rotatable bonds is 7. The highest BCUT2D eigenvalue weighted by atomic mass is 35.5. The Hall–Kier alpha value is -3.51. The average molecular weight is 464 g/mol. The number of carbonyl (C=O) groups is 1. The van der Waals surface area contributed by atoms with E-state index >= 15 is 0 Å². The van der Waals surface area contributed by atoms with Crippen LogP contribution in [0.25, 0.3) is 0 Å². The summed E-state index contributed by atoms with van der Waals surface area (Å²) in [4.78, 5) is 12.8. The van der Waals surface area contributed by atoms with Crippen molar-refractivity contribution in [3.05, 3.63) is 99.2 Å². The van der Waals surface area contributed by atoms with Crippen molar-refractivity contribution in [3.63, 3.8) is 0 Å². The molecule has 0 bridgehead atoms. The van der Waals surface area contributed by atoms with Gasteiger partial charge in [0.2, 0.25) is 0 Å². The third-order valence-corrected chi connectivity index (χ3v) is 5.83. The molecule has 7 heteroatoms. The first kappa shape index (κ1) is 22.7. The summed E-state index contributed by atoms with van der Waals surface area (Å²) in [6.07, 6.45) is 0. The predicted molar refractivity (Wildman–Crippen MR) is 129 cm³/mol. The van der Waals surface area contributed by atoms with Crippen molar-refractivity contribution in [1.82, 2.24) is 9.78 Å². The fourth-order valence-electron chi connectivity index (χ4n) is 3.66. The molecule has 1 N–H and O–H groups in total. The normalized spacial score (nSPS) is 10.9. The Morgan fingerprint density at radius 2 is 1.85 bits per heavy atom. The Morgan fingerprint density at radius 1 is 1.06 bits per heavy atom. The SMILES string of the molecule is Cc1ccccc1Cn1nc(C)c(NC(=O)c2ccc(COc3ccc(Cl)cc3C)o2)c1C. The fourth-order valence-corrected chi connectivity index (χ4v) is 3.88. The molecular weight excluding hydrogens is 438 g/mol. The molecule has 1 amide bonds. The maximum atomic E-state index is 12.8. The molecule has 0 aliphatic carbocycles. The molecule has 33 heavy (non-hydrogen) atoms. The lowest BCUT2D eigenvalue weighted by Crippen LogP contribution is -2.12. The molecule has 2 heterocycles. The number of hydrogen-bond donors (Lipinski definition) is 1. The maximum Gasteiger partial charge on any atom is 0.291 e. The van der Waals surface area contributed by atoms with Gasteiger partial charge < -0.3 is 14.5 Å². The summed E-state index contributed by atoms with van der Waals surface area (Å²) in [6, 6.07) is 17.0. The first-order chi connectivity index (χ1) is 15.8. The summed E-state index contributed by atoms with van der Waals surface area (Å²) < 4.78 is 13.4. The van der Waals surface area contributed by atoms with Crippen molar-refractivity contribution < 1.29 is 13.9 Å². The summed E-state index contributed by atoms with van der Waals surface area (Å²) in [5.74, 6) is 1.16. The van der Waals surface area contributed by atoms with Gasteiger partial charge in [0.25, 0.3) is 5.91 Å². The van der Waals surface area contributed by atoms with E-state index in [2.05, 4.69) is 29.5 Å². The van der Waals surface area contributed by atoms with E-state index in [-0.39, 0.29) is 18.3 Å². The monoisotopic (exact) mass is 463 g/mol. The summed E-state index contributed by atoms with van der Waals surface area (Å²) >= 11 is 5.99. The van der Waals surface area contributed by atoms with Gasteiger partial charge in [0.15, 0.2) is 5.76 Å². The van der Waals surface area contributed by atoms with Gasteiger partial charge in [-0.3, -0.25) is 9.48 Å². The standard InChI is InChI=1S/C26H26ClN3O3/c1-16-7-5-6-8-20(16)14-30-19(4)25(18(3)29-30)28-26(31)24-12-10-22(33-24)15-32-23-11-9-21(27)13-17(23)2/h5-13H,14-15H2,1-4H3,(H,28,31). The van der Waals surface area contributed by atoms with Gasteiger partial charge in [-0.25, -0.2) is 0 Å². The van der Waals surface area contributed by atoms with E-state index in [4.69, 9.17) is 20.8 Å². The minimum absolute atomic E-state index is 0.210. The second-order valence-electron chi connectivity index (χ2n) is 8.05. The van der Waals surface area contributed by atoms with E-state index in [1.54, 1.807) is 18.2 Å². The minimum Gasteiger partial charge on any atom is -0.485 e. The number of halogens is 1. The summed E-state index contributed by atoms with van der Waals surface area (Å²) in [7, 11) is 0. The second kappa shape index (κ2) is 9.55. The average Bonchev–Trinajstić information content (AvgIpc) is 3.35. The highest BCUT2D eigenvalue weighted by Crippen LogP contribution is 2.24. The minimum atomic E-state index is -0.328. The molecule has 2 aromatic carbocycles. The van der Waals surface area contributed by atoms with Crippen LogP contribution in [0.15, 0.2) is 59.0 Å². The lowest BCUT2D eigenvalue weighted by atomic mass is 10.1. The van der Waals surface area contributed by atoms with E-state index in [1.165, 1.54) is 11.1 Å². The van der Waals surface area contributed by atoms with Crippen LogP contribution in [0.1, 0.15) is 44.4 Å². The van der Waals surface area contributed by atoms with Gasteiger partial charge >= 0.3 is 0 Å². The zero-order valence-corrected chi connectivity index (χ0v) is 19.9. The Bertz CT molecular complexity index is 1310. The molecule has 0 saturated heterocycles. The fraction of sp³-hybridized carbons (Fsp3) is 0.231. The van der Waals surface area contributed by atoms with Crippen LogP contribution < -0.4 is 10.1 Å². The van der Waals surface area contributed by atoms with Crippen LogP contribution in [0.2, 0.25) is 5.02 Å². The van der Waals surface area contributed by atoms with Crippen LogP contribution in [0.5, 0.6) is 5.75 Å². The van der Waals surface area contributed by atoms with E-state index in [1.807, 2.05) is 49.7 Å². The number of ether oxygens (including phenoxy) is 1. The number of nitrogens with zero attached hydrogens (tertiary/aromatic N) is 2. The van der Waals surface area contributed by atoms with Gasteiger partial charge in [0.05, 0.1) is 23.6 Å². The molecule has 4 aromatic rings. The molecule has 0 aliphatic rings. The molecule has 0 unspecified atom stereocenters. The van der Waals surface area contributed by atoms with E-state index in [0.717, 1.165) is 17.0 Å². The third-order valence-electron chi connectivity index (χ3n) is 5.59. The van der Waals surface area contributed by atoms with Crippen molar-refractivity contribution in [2.24, 2.45) is 0 Å². The third kappa shape index (κ3) is 5.12. The Labute approximate surface area is 198 Å². The predicted octanol–water partition coefficient (Wildman–Crippen LogP) is 6.24.